The number of carbonyl (C=O) groups is 1. The van der Waals surface area contributed by atoms with E-state index in [2.05, 4.69) is 22.2 Å². The molecule has 0 aliphatic heterocycles. The highest BCUT2D eigenvalue weighted by Crippen LogP contribution is 2.14. The Labute approximate surface area is 108 Å². The number of hydrogen-bond acceptors (Lipinski definition) is 3. The summed E-state index contributed by atoms with van der Waals surface area (Å²) in [6, 6.07) is -0.196. The fourth-order valence-corrected chi connectivity index (χ4v) is 1.62. The molecule has 5 nitrogen and oxygen atoms in total. The average molecular weight is 253 g/mol. The Balaban J connectivity index is 2.64. The van der Waals surface area contributed by atoms with Crippen LogP contribution in [-0.4, -0.2) is 21.7 Å². The summed E-state index contributed by atoms with van der Waals surface area (Å²) in [6.45, 7) is 11.4. The number of nitrogens with zero attached hydrogens (tertiary/aromatic N) is 1. The number of imidazole rings is 1. The zero-order valence-electron chi connectivity index (χ0n) is 12.0. The van der Waals surface area contributed by atoms with Gasteiger partial charge in [0.05, 0.1) is 11.7 Å². The molecular weight excluding hydrogens is 230 g/mol. The van der Waals surface area contributed by atoms with Crippen LogP contribution in [0.4, 0.5) is 4.79 Å². The van der Waals surface area contributed by atoms with Crippen molar-refractivity contribution in [2.75, 3.05) is 0 Å². The van der Waals surface area contributed by atoms with E-state index in [-0.39, 0.29) is 6.04 Å². The van der Waals surface area contributed by atoms with E-state index >= 15 is 0 Å². The Hall–Kier alpha value is -1.52. The molecule has 1 aromatic rings. The van der Waals surface area contributed by atoms with Crippen LogP contribution in [0.15, 0.2) is 0 Å². The minimum atomic E-state index is -0.489. The van der Waals surface area contributed by atoms with Gasteiger partial charge in [-0.25, -0.2) is 9.78 Å². The van der Waals surface area contributed by atoms with Crippen LogP contribution in [0, 0.1) is 6.92 Å². The first-order valence-electron chi connectivity index (χ1n) is 6.27. The minimum Gasteiger partial charge on any atom is -0.444 e. The monoisotopic (exact) mass is 253 g/mol. The highest BCUT2D eigenvalue weighted by atomic mass is 16.6. The van der Waals surface area contributed by atoms with Gasteiger partial charge in [0.1, 0.15) is 11.4 Å². The molecule has 0 aliphatic rings. The molecule has 1 atom stereocenters. The third kappa shape index (κ3) is 4.05. The second-order valence-corrected chi connectivity index (χ2v) is 5.42. The molecule has 0 spiro atoms. The SMILES string of the molecule is CCc1nc([C@H](C)NC(=O)OC(C)(C)C)[nH]c1C. The van der Waals surface area contributed by atoms with Crippen molar-refractivity contribution in [3.05, 3.63) is 17.2 Å². The van der Waals surface area contributed by atoms with Crippen LogP contribution >= 0.6 is 0 Å². The first kappa shape index (κ1) is 14.5. The highest BCUT2D eigenvalue weighted by molar-refractivity contribution is 5.68. The molecule has 0 bridgehead atoms. The molecule has 0 fully saturated rings. The van der Waals surface area contributed by atoms with Crippen LogP contribution in [-0.2, 0) is 11.2 Å². The van der Waals surface area contributed by atoms with Crippen LogP contribution in [0.25, 0.3) is 0 Å². The van der Waals surface area contributed by atoms with Gasteiger partial charge in [0.15, 0.2) is 0 Å². The van der Waals surface area contributed by atoms with Crippen molar-refractivity contribution in [3.63, 3.8) is 0 Å². The van der Waals surface area contributed by atoms with Gasteiger partial charge in [-0.05, 0) is 41.0 Å². The molecule has 0 saturated heterocycles. The van der Waals surface area contributed by atoms with Crippen LogP contribution in [0.2, 0.25) is 0 Å². The van der Waals surface area contributed by atoms with Gasteiger partial charge < -0.3 is 15.0 Å². The summed E-state index contributed by atoms with van der Waals surface area (Å²) in [6.07, 6.45) is 0.448. The summed E-state index contributed by atoms with van der Waals surface area (Å²) < 4.78 is 5.20. The molecule has 0 aliphatic carbocycles. The van der Waals surface area contributed by atoms with E-state index < -0.39 is 11.7 Å². The van der Waals surface area contributed by atoms with Gasteiger partial charge in [0.25, 0.3) is 0 Å². The topological polar surface area (TPSA) is 67.0 Å². The number of aromatic nitrogens is 2. The number of H-pyrrole nitrogens is 1. The van der Waals surface area contributed by atoms with E-state index in [0.717, 1.165) is 23.6 Å². The number of nitrogens with one attached hydrogen (secondary N) is 2. The summed E-state index contributed by atoms with van der Waals surface area (Å²) in [5.74, 6) is 0.759. The molecule has 18 heavy (non-hydrogen) atoms. The van der Waals surface area contributed by atoms with Gasteiger partial charge in [-0.2, -0.15) is 0 Å². The molecule has 0 saturated carbocycles. The third-order valence-corrected chi connectivity index (χ3v) is 2.48. The van der Waals surface area contributed by atoms with E-state index in [4.69, 9.17) is 4.74 Å². The van der Waals surface area contributed by atoms with Crippen molar-refractivity contribution in [2.45, 2.75) is 59.6 Å². The molecule has 1 heterocycles. The molecular formula is C13H23N3O2. The number of carbonyl (C=O) groups excluding carboxylic acids is 1. The largest absolute Gasteiger partial charge is 0.444 e. The third-order valence-electron chi connectivity index (χ3n) is 2.48. The maximum atomic E-state index is 11.6. The number of alkyl carbamates (subject to hydrolysis) is 1. The van der Waals surface area contributed by atoms with E-state index in [1.807, 2.05) is 34.6 Å². The van der Waals surface area contributed by atoms with Gasteiger partial charge >= 0.3 is 6.09 Å². The predicted octanol–water partition coefficient (Wildman–Crippen LogP) is 2.87. The lowest BCUT2D eigenvalue weighted by molar-refractivity contribution is 0.0506. The summed E-state index contributed by atoms with van der Waals surface area (Å²) in [5.41, 5.74) is 1.59. The quantitative estimate of drug-likeness (QED) is 0.870. The van der Waals surface area contributed by atoms with Crippen molar-refractivity contribution in [3.8, 4) is 0 Å². The molecule has 0 radical (unpaired) electrons. The fourth-order valence-electron chi connectivity index (χ4n) is 1.62. The van der Waals surface area contributed by atoms with Gasteiger partial charge in [0, 0.05) is 5.69 Å². The van der Waals surface area contributed by atoms with Crippen LogP contribution in [0.5, 0.6) is 0 Å². The molecule has 5 heteroatoms. The number of amides is 1. The molecule has 0 aromatic carbocycles. The fraction of sp³-hybridized carbons (Fsp3) is 0.692. The van der Waals surface area contributed by atoms with Crippen molar-refractivity contribution >= 4 is 6.09 Å². The van der Waals surface area contributed by atoms with Gasteiger partial charge in [-0.1, -0.05) is 6.92 Å². The highest BCUT2D eigenvalue weighted by Gasteiger charge is 2.20. The van der Waals surface area contributed by atoms with Crippen LogP contribution < -0.4 is 5.32 Å². The molecule has 1 rings (SSSR count). The van der Waals surface area contributed by atoms with Crippen LogP contribution in [0.3, 0.4) is 0 Å². The van der Waals surface area contributed by atoms with Crippen molar-refractivity contribution in [2.24, 2.45) is 0 Å². The first-order chi connectivity index (χ1) is 8.23. The second-order valence-electron chi connectivity index (χ2n) is 5.42. The van der Waals surface area contributed by atoms with Crippen LogP contribution in [0.1, 0.15) is 57.9 Å². The summed E-state index contributed by atoms with van der Waals surface area (Å²) in [5, 5.41) is 2.76. The number of rotatable bonds is 3. The maximum absolute atomic E-state index is 11.6. The molecule has 1 amide bonds. The van der Waals surface area contributed by atoms with Crippen molar-refractivity contribution < 1.29 is 9.53 Å². The van der Waals surface area contributed by atoms with E-state index in [9.17, 15) is 4.79 Å². The predicted molar refractivity (Wildman–Crippen MR) is 70.5 cm³/mol. The minimum absolute atomic E-state index is 0.196. The molecule has 102 valence electrons. The molecule has 0 unspecified atom stereocenters. The maximum Gasteiger partial charge on any atom is 0.408 e. The summed E-state index contributed by atoms with van der Waals surface area (Å²) >= 11 is 0. The van der Waals surface area contributed by atoms with E-state index in [1.165, 1.54) is 0 Å². The Kier molecular flexibility index (Phi) is 4.38. The van der Waals surface area contributed by atoms with Gasteiger partial charge in [-0.15, -0.1) is 0 Å². The lowest BCUT2D eigenvalue weighted by Gasteiger charge is -2.21. The normalized spacial score (nSPS) is 13.2. The number of aromatic amines is 1. The van der Waals surface area contributed by atoms with E-state index in [1.54, 1.807) is 0 Å². The zero-order valence-corrected chi connectivity index (χ0v) is 12.0. The Morgan fingerprint density at radius 3 is 2.56 bits per heavy atom. The Morgan fingerprint density at radius 1 is 1.50 bits per heavy atom. The Bertz CT molecular complexity index is 418. The van der Waals surface area contributed by atoms with E-state index in [0.29, 0.717) is 0 Å². The zero-order chi connectivity index (χ0) is 13.9. The van der Waals surface area contributed by atoms with Gasteiger partial charge in [-0.3, -0.25) is 0 Å². The number of ether oxygens (including phenoxy) is 1. The molecule has 2 N–H and O–H groups in total. The number of aryl methyl sites for hydroxylation is 2. The van der Waals surface area contributed by atoms with Crippen molar-refractivity contribution in [1.29, 1.82) is 0 Å². The summed E-state index contributed by atoms with van der Waals surface area (Å²) in [7, 11) is 0. The average Bonchev–Trinajstić information content (AvgIpc) is 2.56. The second kappa shape index (κ2) is 5.42. The molecule has 1 aromatic heterocycles. The first-order valence-corrected chi connectivity index (χ1v) is 6.27. The Morgan fingerprint density at radius 2 is 2.11 bits per heavy atom. The number of hydrogen-bond donors (Lipinski definition) is 2. The standard InChI is InChI=1S/C13H23N3O2/c1-7-10-8(2)14-11(16-10)9(3)15-12(17)18-13(4,5)6/h9H,7H2,1-6H3,(H,14,16)(H,15,17)/t9-/m0/s1. The van der Waals surface area contributed by atoms with Crippen molar-refractivity contribution in [1.82, 2.24) is 15.3 Å². The smallest absolute Gasteiger partial charge is 0.408 e. The lowest BCUT2D eigenvalue weighted by Crippen LogP contribution is -2.34. The summed E-state index contributed by atoms with van der Waals surface area (Å²) in [4.78, 5) is 19.3. The van der Waals surface area contributed by atoms with Gasteiger partial charge in [0.2, 0.25) is 0 Å². The lowest BCUT2D eigenvalue weighted by atomic mass is 10.2.